The van der Waals surface area contributed by atoms with E-state index in [0.29, 0.717) is 17.9 Å². The van der Waals surface area contributed by atoms with E-state index in [0.717, 1.165) is 21.9 Å². The summed E-state index contributed by atoms with van der Waals surface area (Å²) < 4.78 is 4.64. The molecule has 0 unspecified atom stereocenters. The van der Waals surface area contributed by atoms with Gasteiger partial charge in [0, 0.05) is 16.4 Å². The number of methoxy groups -OCH3 is 1. The Morgan fingerprint density at radius 1 is 1.15 bits per heavy atom. The molecule has 136 valence electrons. The first-order valence-corrected chi connectivity index (χ1v) is 10.6. The molecule has 6 heteroatoms. The van der Waals surface area contributed by atoms with Gasteiger partial charge in [-0.1, -0.05) is 42.5 Å². The number of ether oxygens (including phenoxy) is 1. The van der Waals surface area contributed by atoms with Crippen molar-refractivity contribution in [3.8, 4) is 0 Å². The van der Waals surface area contributed by atoms with Gasteiger partial charge in [-0.05, 0) is 17.7 Å². The maximum Gasteiger partial charge on any atom is 0.306 e. The van der Waals surface area contributed by atoms with E-state index in [1.165, 1.54) is 18.9 Å². The minimum atomic E-state index is -0.244. The van der Waals surface area contributed by atoms with Crippen LogP contribution in [0.2, 0.25) is 0 Å². The number of hydrogen-bond acceptors (Lipinski definition) is 5. The van der Waals surface area contributed by atoms with Crippen molar-refractivity contribution >= 4 is 41.1 Å². The first-order chi connectivity index (χ1) is 12.7. The van der Waals surface area contributed by atoms with Crippen molar-refractivity contribution in [1.82, 2.24) is 0 Å². The van der Waals surface area contributed by atoms with Gasteiger partial charge in [-0.25, -0.2) is 0 Å². The molecule has 26 heavy (non-hydrogen) atoms. The molecule has 0 aliphatic carbocycles. The number of carbonyl (C=O) groups is 2. The van der Waals surface area contributed by atoms with Gasteiger partial charge in [0.1, 0.15) is 0 Å². The van der Waals surface area contributed by atoms with Gasteiger partial charge in [0.05, 0.1) is 31.0 Å². The Bertz CT molecular complexity index is 767. The Morgan fingerprint density at radius 3 is 2.65 bits per heavy atom. The van der Waals surface area contributed by atoms with Crippen molar-refractivity contribution in [3.05, 3.63) is 60.2 Å². The largest absolute Gasteiger partial charge is 0.469 e. The zero-order chi connectivity index (χ0) is 18.4. The minimum Gasteiger partial charge on any atom is -0.469 e. The van der Waals surface area contributed by atoms with Crippen molar-refractivity contribution in [2.75, 3.05) is 29.3 Å². The van der Waals surface area contributed by atoms with Crippen molar-refractivity contribution < 1.29 is 14.3 Å². The number of rotatable bonds is 6. The number of carbonyl (C=O) groups excluding carboxylic acids is 2. The van der Waals surface area contributed by atoms with Gasteiger partial charge in [-0.2, -0.15) is 11.8 Å². The first kappa shape index (κ1) is 18.9. The summed E-state index contributed by atoms with van der Waals surface area (Å²) in [7, 11) is 1.38. The number of hydrogen-bond donors (Lipinski definition) is 0. The van der Waals surface area contributed by atoms with Gasteiger partial charge >= 0.3 is 5.97 Å². The molecule has 0 N–H and O–H groups in total. The third-order valence-electron chi connectivity index (χ3n) is 4.19. The highest BCUT2D eigenvalue weighted by Gasteiger charge is 2.32. The molecule has 4 nitrogen and oxygen atoms in total. The third kappa shape index (κ3) is 4.43. The van der Waals surface area contributed by atoms with Crippen LogP contribution in [0.3, 0.4) is 0 Å². The summed E-state index contributed by atoms with van der Waals surface area (Å²) in [6.45, 7) is 0. The van der Waals surface area contributed by atoms with Gasteiger partial charge in [0.25, 0.3) is 0 Å². The molecular formula is C20H21NO3S2. The van der Waals surface area contributed by atoms with Gasteiger partial charge in [0.2, 0.25) is 5.91 Å². The summed E-state index contributed by atoms with van der Waals surface area (Å²) in [5, 5.41) is 0. The molecule has 1 heterocycles. The highest BCUT2D eigenvalue weighted by molar-refractivity contribution is 8.00. The average Bonchev–Trinajstić information content (AvgIpc) is 2.70. The number of benzene rings is 2. The standard InChI is InChI=1S/C20H21NO3S2/c1-24-20(23)11-12-25-14-19(22)21-16-9-5-6-10-18(16)26-13-17(21)15-7-3-2-4-8-15/h2-10,17H,11-14H2,1H3/t17-/m0/s1. The highest BCUT2D eigenvalue weighted by Crippen LogP contribution is 2.43. The van der Waals surface area contributed by atoms with E-state index >= 15 is 0 Å². The lowest BCUT2D eigenvalue weighted by Crippen LogP contribution is -2.39. The molecule has 1 atom stereocenters. The fourth-order valence-electron chi connectivity index (χ4n) is 2.90. The van der Waals surface area contributed by atoms with Crippen LogP contribution in [0.1, 0.15) is 18.0 Å². The molecule has 1 aliphatic heterocycles. The number of para-hydroxylation sites is 1. The fourth-order valence-corrected chi connectivity index (χ4v) is 4.84. The molecule has 1 aliphatic rings. The lowest BCUT2D eigenvalue weighted by Gasteiger charge is -2.37. The summed E-state index contributed by atoms with van der Waals surface area (Å²) in [6, 6.07) is 18.2. The second-order valence-electron chi connectivity index (χ2n) is 5.85. The molecule has 0 bridgehead atoms. The summed E-state index contributed by atoms with van der Waals surface area (Å²) in [5.74, 6) is 1.59. The van der Waals surface area contributed by atoms with E-state index in [-0.39, 0.29) is 17.9 Å². The Morgan fingerprint density at radius 2 is 1.88 bits per heavy atom. The molecule has 0 fully saturated rings. The second-order valence-corrected chi connectivity index (χ2v) is 8.01. The van der Waals surface area contributed by atoms with Crippen LogP contribution < -0.4 is 4.90 Å². The summed E-state index contributed by atoms with van der Waals surface area (Å²) in [4.78, 5) is 27.3. The first-order valence-electron chi connectivity index (χ1n) is 8.44. The Labute approximate surface area is 162 Å². The number of thioether (sulfide) groups is 2. The van der Waals surface area contributed by atoms with Gasteiger partial charge in [0.15, 0.2) is 0 Å². The Kier molecular flexibility index (Phi) is 6.63. The van der Waals surface area contributed by atoms with E-state index in [1.807, 2.05) is 41.3 Å². The van der Waals surface area contributed by atoms with Crippen molar-refractivity contribution in [2.45, 2.75) is 17.4 Å². The molecule has 0 saturated carbocycles. The number of esters is 1. The van der Waals surface area contributed by atoms with E-state index in [1.54, 1.807) is 11.8 Å². The van der Waals surface area contributed by atoms with Crippen molar-refractivity contribution in [3.63, 3.8) is 0 Å². The van der Waals surface area contributed by atoms with Crippen molar-refractivity contribution in [1.29, 1.82) is 0 Å². The Hall–Kier alpha value is -1.92. The number of amides is 1. The monoisotopic (exact) mass is 387 g/mol. The van der Waals surface area contributed by atoms with Crippen LogP contribution in [0.5, 0.6) is 0 Å². The van der Waals surface area contributed by atoms with Gasteiger partial charge in [-0.15, -0.1) is 11.8 Å². The van der Waals surface area contributed by atoms with Gasteiger partial charge in [-0.3, -0.25) is 9.59 Å². The fraction of sp³-hybridized carbons (Fsp3) is 0.300. The van der Waals surface area contributed by atoms with Crippen LogP contribution >= 0.6 is 23.5 Å². The van der Waals surface area contributed by atoms with Crippen LogP contribution in [0.4, 0.5) is 5.69 Å². The number of anilines is 1. The third-order valence-corrected chi connectivity index (χ3v) is 6.27. The molecule has 0 saturated heterocycles. The normalized spacial score (nSPS) is 16.0. The zero-order valence-corrected chi connectivity index (χ0v) is 16.2. The predicted octanol–water partition coefficient (Wildman–Crippen LogP) is 4.16. The molecule has 0 spiro atoms. The summed E-state index contributed by atoms with van der Waals surface area (Å²) in [6.07, 6.45) is 0.322. The lowest BCUT2D eigenvalue weighted by atomic mass is 10.1. The van der Waals surface area contributed by atoms with E-state index in [9.17, 15) is 9.59 Å². The molecule has 2 aromatic carbocycles. The summed E-state index contributed by atoms with van der Waals surface area (Å²) >= 11 is 3.26. The quantitative estimate of drug-likeness (QED) is 0.550. The summed E-state index contributed by atoms with van der Waals surface area (Å²) in [5.41, 5.74) is 2.11. The second kappa shape index (κ2) is 9.14. The number of nitrogens with zero attached hydrogens (tertiary/aromatic N) is 1. The molecule has 0 radical (unpaired) electrons. The smallest absolute Gasteiger partial charge is 0.306 e. The zero-order valence-electron chi connectivity index (χ0n) is 14.6. The topological polar surface area (TPSA) is 46.6 Å². The van der Waals surface area contributed by atoms with Crippen LogP contribution in [0.25, 0.3) is 0 Å². The van der Waals surface area contributed by atoms with Crippen LogP contribution in [-0.2, 0) is 14.3 Å². The van der Waals surface area contributed by atoms with E-state index in [4.69, 9.17) is 0 Å². The maximum atomic E-state index is 13.0. The predicted molar refractivity (Wildman–Crippen MR) is 108 cm³/mol. The molecule has 0 aromatic heterocycles. The van der Waals surface area contributed by atoms with Gasteiger partial charge < -0.3 is 9.64 Å². The highest BCUT2D eigenvalue weighted by atomic mass is 32.2. The SMILES string of the molecule is COC(=O)CCSCC(=O)N1c2ccccc2SC[C@H]1c1ccccc1. The number of fused-ring (bicyclic) bond motifs is 1. The van der Waals surface area contributed by atoms with Crippen LogP contribution in [0, 0.1) is 0 Å². The average molecular weight is 388 g/mol. The molecule has 1 amide bonds. The Balaban J connectivity index is 1.77. The van der Waals surface area contributed by atoms with Crippen molar-refractivity contribution in [2.24, 2.45) is 0 Å². The molecule has 3 rings (SSSR count). The van der Waals surface area contributed by atoms with Crippen LogP contribution in [0.15, 0.2) is 59.5 Å². The van der Waals surface area contributed by atoms with E-state index in [2.05, 4.69) is 22.9 Å². The minimum absolute atomic E-state index is 0.0183. The molecular weight excluding hydrogens is 366 g/mol. The van der Waals surface area contributed by atoms with Crippen LogP contribution in [-0.4, -0.2) is 36.2 Å². The maximum absolute atomic E-state index is 13.0. The van der Waals surface area contributed by atoms with E-state index < -0.39 is 0 Å². The lowest BCUT2D eigenvalue weighted by molar-refractivity contribution is -0.140. The molecule has 2 aromatic rings.